The molecule has 0 saturated heterocycles. The second-order valence-corrected chi connectivity index (χ2v) is 3.21. The van der Waals surface area contributed by atoms with Gasteiger partial charge in [-0.05, 0) is 6.07 Å². The number of carbonyl (C=O) groups is 1. The van der Waals surface area contributed by atoms with E-state index in [1.165, 1.54) is 0 Å². The van der Waals surface area contributed by atoms with Crippen LogP contribution in [0.15, 0.2) is 29.3 Å². The van der Waals surface area contributed by atoms with E-state index < -0.39 is 0 Å². The van der Waals surface area contributed by atoms with Crippen LogP contribution < -0.4 is 4.90 Å². The number of benzodiazepines with no additional fused rings is 1. The molecule has 1 aliphatic rings. The number of amides is 1. The molecule has 0 N–H and O–H groups in total. The van der Waals surface area contributed by atoms with E-state index >= 15 is 0 Å². The van der Waals surface area contributed by atoms with E-state index in [1.54, 1.807) is 11.1 Å². The summed E-state index contributed by atoms with van der Waals surface area (Å²) in [6.07, 6.45) is 6.96. The highest BCUT2D eigenvalue weighted by Gasteiger charge is 2.18. The SMILES string of the molecule is C#CCN1C(=O)CN=Cc2ccccc21. The van der Waals surface area contributed by atoms with Crippen LogP contribution in [-0.2, 0) is 4.79 Å². The average molecular weight is 198 g/mol. The van der Waals surface area contributed by atoms with Gasteiger partial charge in [-0.15, -0.1) is 6.42 Å². The zero-order chi connectivity index (χ0) is 10.7. The minimum Gasteiger partial charge on any atom is -0.299 e. The zero-order valence-electron chi connectivity index (χ0n) is 8.18. The number of hydrogen-bond donors (Lipinski definition) is 0. The maximum atomic E-state index is 11.7. The number of rotatable bonds is 1. The molecule has 1 aromatic carbocycles. The van der Waals surface area contributed by atoms with Crippen molar-refractivity contribution in [3.8, 4) is 12.3 Å². The molecule has 0 bridgehead atoms. The Hall–Kier alpha value is -2.08. The van der Waals surface area contributed by atoms with Crippen LogP contribution >= 0.6 is 0 Å². The Bertz CT molecular complexity index is 457. The number of benzene rings is 1. The molecule has 3 nitrogen and oxygen atoms in total. The van der Waals surface area contributed by atoms with Gasteiger partial charge in [0.2, 0.25) is 5.91 Å². The van der Waals surface area contributed by atoms with Gasteiger partial charge in [-0.3, -0.25) is 14.7 Å². The van der Waals surface area contributed by atoms with Crippen LogP contribution in [0.25, 0.3) is 0 Å². The minimum atomic E-state index is -0.0610. The van der Waals surface area contributed by atoms with Crippen molar-refractivity contribution >= 4 is 17.8 Å². The molecular weight excluding hydrogens is 188 g/mol. The molecule has 0 fully saturated rings. The summed E-state index contributed by atoms with van der Waals surface area (Å²) < 4.78 is 0. The summed E-state index contributed by atoms with van der Waals surface area (Å²) in [6, 6.07) is 7.59. The van der Waals surface area contributed by atoms with Crippen LogP contribution in [0, 0.1) is 12.3 Å². The number of carbonyl (C=O) groups excluding carboxylic acids is 1. The van der Waals surface area contributed by atoms with Crippen molar-refractivity contribution in [2.45, 2.75) is 0 Å². The van der Waals surface area contributed by atoms with Crippen LogP contribution in [0.5, 0.6) is 0 Å². The van der Waals surface area contributed by atoms with Gasteiger partial charge in [0.25, 0.3) is 0 Å². The second kappa shape index (κ2) is 3.97. The quantitative estimate of drug-likeness (QED) is 0.621. The van der Waals surface area contributed by atoms with Gasteiger partial charge in [0.15, 0.2) is 0 Å². The Morgan fingerprint density at radius 1 is 1.47 bits per heavy atom. The molecule has 1 amide bonds. The van der Waals surface area contributed by atoms with Crippen LogP contribution in [-0.4, -0.2) is 25.2 Å². The van der Waals surface area contributed by atoms with E-state index in [4.69, 9.17) is 6.42 Å². The first-order chi connectivity index (χ1) is 7.33. The van der Waals surface area contributed by atoms with E-state index in [9.17, 15) is 4.79 Å². The lowest BCUT2D eigenvalue weighted by Crippen LogP contribution is -2.32. The monoisotopic (exact) mass is 198 g/mol. The van der Waals surface area contributed by atoms with Crippen LogP contribution in [0.2, 0.25) is 0 Å². The highest BCUT2D eigenvalue weighted by atomic mass is 16.2. The molecule has 15 heavy (non-hydrogen) atoms. The number of aliphatic imine (C=N–C) groups is 1. The molecule has 0 atom stereocenters. The Balaban J connectivity index is 2.49. The fourth-order valence-electron chi connectivity index (χ4n) is 1.55. The molecule has 0 aliphatic carbocycles. The second-order valence-electron chi connectivity index (χ2n) is 3.21. The Labute approximate surface area is 88.4 Å². The summed E-state index contributed by atoms with van der Waals surface area (Å²) >= 11 is 0. The van der Waals surface area contributed by atoms with Crippen LogP contribution in [0.4, 0.5) is 5.69 Å². The molecule has 3 heteroatoms. The van der Waals surface area contributed by atoms with Crippen LogP contribution in [0.1, 0.15) is 5.56 Å². The first-order valence-electron chi connectivity index (χ1n) is 4.65. The summed E-state index contributed by atoms with van der Waals surface area (Å²) in [4.78, 5) is 17.3. The Kier molecular flexibility index (Phi) is 2.51. The first-order valence-corrected chi connectivity index (χ1v) is 4.65. The van der Waals surface area contributed by atoms with Gasteiger partial charge in [-0.2, -0.15) is 0 Å². The zero-order valence-corrected chi connectivity index (χ0v) is 8.18. The largest absolute Gasteiger partial charge is 0.299 e. The Morgan fingerprint density at radius 3 is 3.07 bits per heavy atom. The number of terminal acetylenes is 1. The lowest BCUT2D eigenvalue weighted by atomic mass is 10.2. The van der Waals surface area contributed by atoms with Gasteiger partial charge in [0.05, 0.1) is 12.2 Å². The van der Waals surface area contributed by atoms with Gasteiger partial charge >= 0.3 is 0 Å². The van der Waals surface area contributed by atoms with Crippen molar-refractivity contribution in [3.05, 3.63) is 29.8 Å². The molecule has 0 aromatic heterocycles. The molecule has 0 spiro atoms. The maximum absolute atomic E-state index is 11.7. The van der Waals surface area contributed by atoms with Crippen molar-refractivity contribution in [1.82, 2.24) is 0 Å². The topological polar surface area (TPSA) is 32.7 Å². The van der Waals surface area contributed by atoms with E-state index in [2.05, 4.69) is 10.9 Å². The van der Waals surface area contributed by atoms with E-state index in [-0.39, 0.29) is 12.5 Å². The van der Waals surface area contributed by atoms with Gasteiger partial charge in [-0.25, -0.2) is 0 Å². The van der Waals surface area contributed by atoms with E-state index in [0.29, 0.717) is 6.54 Å². The van der Waals surface area contributed by atoms with Gasteiger partial charge in [0.1, 0.15) is 6.54 Å². The maximum Gasteiger partial charge on any atom is 0.249 e. The van der Waals surface area contributed by atoms with Gasteiger partial charge in [-0.1, -0.05) is 24.1 Å². The number of fused-ring (bicyclic) bond motifs is 1. The fourth-order valence-corrected chi connectivity index (χ4v) is 1.55. The first kappa shape index (κ1) is 9.47. The predicted octanol–water partition coefficient (Wildman–Crippen LogP) is 1.09. The predicted molar refractivity (Wildman–Crippen MR) is 60.1 cm³/mol. The molecule has 2 rings (SSSR count). The van der Waals surface area contributed by atoms with E-state index in [1.807, 2.05) is 24.3 Å². The van der Waals surface area contributed by atoms with Gasteiger partial charge < -0.3 is 0 Å². The third-order valence-corrected chi connectivity index (χ3v) is 2.23. The molecule has 0 saturated carbocycles. The Morgan fingerprint density at radius 2 is 2.27 bits per heavy atom. The summed E-state index contributed by atoms with van der Waals surface area (Å²) in [6.45, 7) is 0.454. The third kappa shape index (κ3) is 1.75. The molecular formula is C12H10N2O. The third-order valence-electron chi connectivity index (χ3n) is 2.23. The number of hydrogen-bond acceptors (Lipinski definition) is 2. The lowest BCUT2D eigenvalue weighted by Gasteiger charge is -2.19. The molecule has 0 unspecified atom stereocenters. The van der Waals surface area contributed by atoms with Gasteiger partial charge in [0, 0.05) is 11.8 Å². The summed E-state index contributed by atoms with van der Waals surface area (Å²) in [7, 11) is 0. The smallest absolute Gasteiger partial charge is 0.249 e. The van der Waals surface area contributed by atoms with Crippen molar-refractivity contribution in [3.63, 3.8) is 0 Å². The fraction of sp³-hybridized carbons (Fsp3) is 0.167. The molecule has 0 radical (unpaired) electrons. The summed E-state index contributed by atoms with van der Waals surface area (Å²) in [5.74, 6) is 2.43. The lowest BCUT2D eigenvalue weighted by molar-refractivity contribution is -0.117. The number of nitrogens with zero attached hydrogens (tertiary/aromatic N) is 2. The standard InChI is InChI=1S/C12H10N2O/c1-2-7-14-11-6-4-3-5-10(11)8-13-9-12(14)15/h1,3-6,8H,7,9H2. The highest BCUT2D eigenvalue weighted by molar-refractivity contribution is 6.03. The molecule has 1 heterocycles. The van der Waals surface area contributed by atoms with Crippen molar-refractivity contribution in [2.24, 2.45) is 4.99 Å². The average Bonchev–Trinajstić information content (AvgIpc) is 2.40. The molecule has 1 aliphatic heterocycles. The molecule has 74 valence electrons. The molecule has 1 aromatic rings. The number of para-hydroxylation sites is 1. The van der Waals surface area contributed by atoms with Crippen molar-refractivity contribution < 1.29 is 4.79 Å². The highest BCUT2D eigenvalue weighted by Crippen LogP contribution is 2.20. The summed E-state index contributed by atoms with van der Waals surface area (Å²) in [5.41, 5.74) is 1.76. The van der Waals surface area contributed by atoms with Crippen LogP contribution in [0.3, 0.4) is 0 Å². The van der Waals surface area contributed by atoms with E-state index in [0.717, 1.165) is 11.3 Å². The van der Waals surface area contributed by atoms with Crippen molar-refractivity contribution in [1.29, 1.82) is 0 Å². The van der Waals surface area contributed by atoms with Crippen molar-refractivity contribution in [2.75, 3.05) is 18.0 Å². The normalized spacial score (nSPS) is 14.3. The summed E-state index contributed by atoms with van der Waals surface area (Å²) in [5, 5.41) is 0. The number of anilines is 1. The minimum absolute atomic E-state index is 0.0610.